The number of alkyl halides is 3. The van der Waals surface area contributed by atoms with Crippen molar-refractivity contribution in [1.29, 1.82) is 0 Å². The number of hydrogen-bond donors (Lipinski definition) is 1. The molecule has 2 aromatic carbocycles. The predicted octanol–water partition coefficient (Wildman–Crippen LogP) is 5.64. The number of rotatable bonds is 3. The SMILES string of the molecule is C[C@@H]1CN(c2nc(=O)n3c4c(c(-c5cc(Br)c(F)cc5F)c(C(F)(F)F)cc24)SC[C@@H](n2ccnn2)C3)C[C@H](C)N1C(=O)O. The zero-order chi connectivity index (χ0) is 31.7. The maximum Gasteiger partial charge on any atom is 0.417 e. The summed E-state index contributed by atoms with van der Waals surface area (Å²) >= 11 is 3.96. The highest BCUT2D eigenvalue weighted by Crippen LogP contribution is 2.50. The molecule has 1 amide bonds. The molecule has 6 rings (SSSR count). The van der Waals surface area contributed by atoms with Gasteiger partial charge in [0.15, 0.2) is 0 Å². The maximum absolute atomic E-state index is 15.4. The van der Waals surface area contributed by atoms with Crippen molar-refractivity contribution in [2.24, 2.45) is 0 Å². The molecule has 232 valence electrons. The summed E-state index contributed by atoms with van der Waals surface area (Å²) < 4.78 is 76.8. The fraction of sp³-hybridized carbons (Fsp3) is 0.370. The lowest BCUT2D eigenvalue weighted by molar-refractivity contribution is -0.137. The van der Waals surface area contributed by atoms with Crippen LogP contribution < -0.4 is 10.6 Å². The fourth-order valence-electron chi connectivity index (χ4n) is 6.04. The first-order valence-electron chi connectivity index (χ1n) is 13.3. The van der Waals surface area contributed by atoms with Crippen LogP contribution in [0.5, 0.6) is 0 Å². The molecule has 4 heterocycles. The number of benzene rings is 2. The van der Waals surface area contributed by atoms with E-state index in [4.69, 9.17) is 0 Å². The fourth-order valence-corrected chi connectivity index (χ4v) is 7.72. The van der Waals surface area contributed by atoms with Crippen molar-refractivity contribution in [3.63, 3.8) is 0 Å². The molecule has 44 heavy (non-hydrogen) atoms. The van der Waals surface area contributed by atoms with Crippen molar-refractivity contribution in [3.8, 4) is 11.1 Å². The van der Waals surface area contributed by atoms with E-state index < -0.39 is 64.4 Å². The quantitative estimate of drug-likeness (QED) is 0.216. The first-order valence-corrected chi connectivity index (χ1v) is 15.1. The van der Waals surface area contributed by atoms with Crippen LogP contribution in [-0.2, 0) is 12.7 Å². The minimum absolute atomic E-state index is 0.00724. The summed E-state index contributed by atoms with van der Waals surface area (Å²) in [6.45, 7) is 3.43. The smallest absolute Gasteiger partial charge is 0.417 e. The van der Waals surface area contributed by atoms with Crippen LogP contribution in [0, 0.1) is 11.6 Å². The Kier molecular flexibility index (Phi) is 7.58. The normalized spacial score (nSPS) is 20.7. The molecule has 0 bridgehead atoms. The Morgan fingerprint density at radius 2 is 1.80 bits per heavy atom. The van der Waals surface area contributed by atoms with Crippen molar-refractivity contribution in [1.82, 2.24) is 29.4 Å². The second-order valence-electron chi connectivity index (χ2n) is 10.7. The first kappa shape index (κ1) is 30.3. The van der Waals surface area contributed by atoms with Gasteiger partial charge in [0.1, 0.15) is 17.5 Å². The number of halogens is 6. The van der Waals surface area contributed by atoms with Crippen molar-refractivity contribution in [2.75, 3.05) is 23.7 Å². The Morgan fingerprint density at radius 3 is 2.41 bits per heavy atom. The molecule has 2 aromatic heterocycles. The van der Waals surface area contributed by atoms with Crippen molar-refractivity contribution in [2.45, 2.75) is 49.6 Å². The number of anilines is 1. The lowest BCUT2D eigenvalue weighted by Gasteiger charge is -2.43. The molecule has 2 aliphatic rings. The van der Waals surface area contributed by atoms with E-state index in [0.29, 0.717) is 6.07 Å². The van der Waals surface area contributed by atoms with Crippen LogP contribution in [0.15, 0.2) is 44.8 Å². The van der Waals surface area contributed by atoms with Crippen LogP contribution in [0.2, 0.25) is 0 Å². The highest BCUT2D eigenvalue weighted by Gasteiger charge is 2.40. The summed E-state index contributed by atoms with van der Waals surface area (Å²) in [4.78, 5) is 32.6. The van der Waals surface area contributed by atoms with E-state index in [0.717, 1.165) is 23.9 Å². The number of hydrogen-bond acceptors (Lipinski definition) is 7. The molecule has 0 unspecified atom stereocenters. The van der Waals surface area contributed by atoms with Gasteiger partial charge in [0.2, 0.25) is 0 Å². The first-order chi connectivity index (χ1) is 20.8. The molecule has 1 fully saturated rings. The summed E-state index contributed by atoms with van der Waals surface area (Å²) in [6, 6.07) is 0.642. The van der Waals surface area contributed by atoms with Gasteiger partial charge in [-0.05, 0) is 41.9 Å². The number of piperazine rings is 1. The molecule has 0 spiro atoms. The third-order valence-corrected chi connectivity index (χ3v) is 9.70. The minimum Gasteiger partial charge on any atom is -0.465 e. The Morgan fingerprint density at radius 1 is 1.09 bits per heavy atom. The van der Waals surface area contributed by atoms with Crippen LogP contribution in [-0.4, -0.2) is 71.6 Å². The van der Waals surface area contributed by atoms with Gasteiger partial charge in [-0.25, -0.2) is 23.1 Å². The van der Waals surface area contributed by atoms with Crippen LogP contribution in [0.3, 0.4) is 0 Å². The van der Waals surface area contributed by atoms with Crippen LogP contribution in [0.4, 0.5) is 32.6 Å². The largest absolute Gasteiger partial charge is 0.465 e. The second kappa shape index (κ2) is 11.0. The van der Waals surface area contributed by atoms with E-state index >= 15 is 4.39 Å². The highest BCUT2D eigenvalue weighted by atomic mass is 79.9. The summed E-state index contributed by atoms with van der Waals surface area (Å²) in [5.74, 6) is -2.10. The van der Waals surface area contributed by atoms with E-state index in [1.54, 1.807) is 24.9 Å². The van der Waals surface area contributed by atoms with Crippen LogP contribution >= 0.6 is 27.7 Å². The molecule has 3 atom stereocenters. The third-order valence-electron chi connectivity index (χ3n) is 7.85. The van der Waals surface area contributed by atoms with Gasteiger partial charge in [0.05, 0.1) is 46.4 Å². The molecule has 1 saturated heterocycles. The summed E-state index contributed by atoms with van der Waals surface area (Å²) in [6.07, 6.45) is -3.14. The number of nitrogens with zero attached hydrogens (tertiary/aromatic N) is 7. The standard InChI is InChI=1S/C27H23BrF5N7O3S/c1-12-8-37(9-13(2)40(12)26(42)43)24-16-5-17(27(31,32)33)21(15-6-18(28)20(30)7-19(15)29)23-22(16)38(25(41)35-24)10-14(11-44-23)39-4-3-34-36-39/h3-7,12-14H,8-11H2,1-2H3,(H,42,43)/t12-,13+,14-/m0/s1. The molecule has 1 N–H and O–H groups in total. The predicted molar refractivity (Wildman–Crippen MR) is 155 cm³/mol. The van der Waals surface area contributed by atoms with Crippen molar-refractivity contribution < 1.29 is 31.9 Å². The summed E-state index contributed by atoms with van der Waals surface area (Å²) in [5.41, 5.74) is -2.87. The number of aromatic nitrogens is 5. The highest BCUT2D eigenvalue weighted by molar-refractivity contribution is 9.10. The Labute approximate surface area is 258 Å². The molecule has 0 radical (unpaired) electrons. The Bertz CT molecular complexity index is 1840. The minimum atomic E-state index is -4.99. The van der Waals surface area contributed by atoms with Gasteiger partial charge < -0.3 is 10.0 Å². The number of amides is 1. The van der Waals surface area contributed by atoms with Gasteiger partial charge >= 0.3 is 18.0 Å². The molecule has 0 saturated carbocycles. The lowest BCUT2D eigenvalue weighted by atomic mass is 9.95. The van der Waals surface area contributed by atoms with Gasteiger partial charge in [0, 0.05) is 52.5 Å². The zero-order valence-electron chi connectivity index (χ0n) is 23.0. The maximum atomic E-state index is 15.4. The summed E-state index contributed by atoms with van der Waals surface area (Å²) in [7, 11) is 0. The molecule has 4 aromatic rings. The second-order valence-corrected chi connectivity index (χ2v) is 12.6. The zero-order valence-corrected chi connectivity index (χ0v) is 25.4. The molecule has 10 nitrogen and oxygen atoms in total. The lowest BCUT2D eigenvalue weighted by Crippen LogP contribution is -2.58. The molecule has 0 aliphatic carbocycles. The van der Waals surface area contributed by atoms with Crippen molar-refractivity contribution in [3.05, 3.63) is 62.7 Å². The number of carbonyl (C=O) groups is 1. The number of carboxylic acid groups (broad SMARTS) is 1. The Balaban J connectivity index is 1.68. The monoisotopic (exact) mass is 699 g/mol. The van der Waals surface area contributed by atoms with E-state index in [2.05, 4.69) is 31.2 Å². The van der Waals surface area contributed by atoms with E-state index in [-0.39, 0.29) is 51.5 Å². The van der Waals surface area contributed by atoms with Gasteiger partial charge in [-0.15, -0.1) is 16.9 Å². The van der Waals surface area contributed by atoms with Crippen molar-refractivity contribution >= 4 is 50.5 Å². The molecule has 17 heteroatoms. The van der Waals surface area contributed by atoms with E-state index in [9.17, 15) is 32.3 Å². The Hall–Kier alpha value is -3.73. The number of thioether (sulfide) groups is 1. The third kappa shape index (κ3) is 5.08. The van der Waals surface area contributed by atoms with Gasteiger partial charge in [-0.3, -0.25) is 9.47 Å². The van der Waals surface area contributed by atoms with Gasteiger partial charge in [0.25, 0.3) is 0 Å². The molecular weight excluding hydrogens is 677 g/mol. The van der Waals surface area contributed by atoms with E-state index in [1.807, 2.05) is 0 Å². The molecule has 2 aliphatic heterocycles. The average Bonchev–Trinajstić information content (AvgIpc) is 3.39. The van der Waals surface area contributed by atoms with Gasteiger partial charge in [-0.2, -0.15) is 18.2 Å². The average molecular weight is 700 g/mol. The van der Waals surface area contributed by atoms with Crippen LogP contribution in [0.25, 0.3) is 22.0 Å². The summed E-state index contributed by atoms with van der Waals surface area (Å²) in [5, 5.41) is 17.5. The van der Waals surface area contributed by atoms with Gasteiger partial charge in [-0.1, -0.05) is 5.21 Å². The van der Waals surface area contributed by atoms with E-state index in [1.165, 1.54) is 20.3 Å². The topological polar surface area (TPSA) is 109 Å². The molecular formula is C27H23BrF5N7O3S. The van der Waals surface area contributed by atoms with Crippen LogP contribution in [0.1, 0.15) is 25.5 Å².